The summed E-state index contributed by atoms with van der Waals surface area (Å²) in [5.41, 5.74) is 6.37. The minimum atomic E-state index is -0.591. The van der Waals surface area contributed by atoms with Crippen molar-refractivity contribution in [3.05, 3.63) is 96.1 Å². The van der Waals surface area contributed by atoms with E-state index in [9.17, 15) is 9.59 Å². The second-order valence-electron chi connectivity index (χ2n) is 9.83. The molecule has 2 amide bonds. The zero-order valence-electron chi connectivity index (χ0n) is 23.1. The molecule has 3 aromatic carbocycles. The number of aliphatic hydroxyl groups excluding tert-OH is 1. The lowest BCUT2D eigenvalue weighted by molar-refractivity contribution is -0.135. The van der Waals surface area contributed by atoms with E-state index in [1.54, 1.807) is 5.48 Å². The number of rotatable bonds is 10. The lowest BCUT2D eigenvalue weighted by Gasteiger charge is -2.15. The van der Waals surface area contributed by atoms with Gasteiger partial charge in [0, 0.05) is 18.9 Å². The first-order valence-electron chi connectivity index (χ1n) is 14.0. The molecule has 4 rings (SSSR count). The highest BCUT2D eigenvalue weighted by molar-refractivity contribution is 5.85. The molecule has 0 unspecified atom stereocenters. The fourth-order valence-electron chi connectivity index (χ4n) is 4.38. The lowest BCUT2D eigenvalue weighted by atomic mass is 9.95. The first-order chi connectivity index (χ1) is 19.0. The molecule has 0 spiro atoms. The van der Waals surface area contributed by atoms with Crippen LogP contribution in [0.3, 0.4) is 0 Å². The van der Waals surface area contributed by atoms with E-state index >= 15 is 0 Å². The first-order valence-corrected chi connectivity index (χ1v) is 14.0. The number of hydrogen-bond acceptors (Lipinski definition) is 4. The SMILES string of the molecule is C1CCCC1.Cc1ccccc1.O=C(C[C@@H](CCCc1ccc(-c2ccccc2)cc1)C(=O)NCCO)NO. The highest BCUT2D eigenvalue weighted by Crippen LogP contribution is 2.21. The van der Waals surface area contributed by atoms with Crippen molar-refractivity contribution in [3.8, 4) is 11.1 Å². The van der Waals surface area contributed by atoms with Crippen LogP contribution in [-0.2, 0) is 16.0 Å². The Hall–Kier alpha value is -3.48. The monoisotopic (exact) mass is 532 g/mol. The average Bonchev–Trinajstić information content (AvgIpc) is 3.57. The van der Waals surface area contributed by atoms with E-state index in [4.69, 9.17) is 10.3 Å². The van der Waals surface area contributed by atoms with Gasteiger partial charge in [0.05, 0.1) is 6.61 Å². The van der Waals surface area contributed by atoms with Gasteiger partial charge in [-0.15, -0.1) is 0 Å². The van der Waals surface area contributed by atoms with Gasteiger partial charge in [-0.05, 0) is 42.9 Å². The van der Waals surface area contributed by atoms with E-state index in [-0.39, 0.29) is 25.5 Å². The molecule has 1 atom stereocenters. The maximum Gasteiger partial charge on any atom is 0.244 e. The first kappa shape index (κ1) is 31.7. The minimum absolute atomic E-state index is 0.0826. The van der Waals surface area contributed by atoms with E-state index in [0.717, 1.165) is 24.0 Å². The smallest absolute Gasteiger partial charge is 0.244 e. The largest absolute Gasteiger partial charge is 0.395 e. The minimum Gasteiger partial charge on any atom is -0.395 e. The summed E-state index contributed by atoms with van der Waals surface area (Å²) in [7, 11) is 0. The van der Waals surface area contributed by atoms with Gasteiger partial charge in [-0.1, -0.05) is 123 Å². The molecule has 1 aliphatic rings. The molecule has 0 aromatic heterocycles. The zero-order chi connectivity index (χ0) is 28.1. The molecule has 6 nitrogen and oxygen atoms in total. The van der Waals surface area contributed by atoms with Crippen LogP contribution >= 0.6 is 0 Å². The summed E-state index contributed by atoms with van der Waals surface area (Å²) in [6.07, 6.45) is 9.46. The fourth-order valence-corrected chi connectivity index (χ4v) is 4.38. The van der Waals surface area contributed by atoms with E-state index in [2.05, 4.69) is 60.8 Å². The van der Waals surface area contributed by atoms with Gasteiger partial charge in [0.15, 0.2) is 0 Å². The highest BCUT2D eigenvalue weighted by Gasteiger charge is 2.21. The standard InChI is InChI=1S/C21H26N2O4.C7H8.C5H10/c24-14-13-22-21(26)19(15-20(25)23-27)8-4-5-16-9-11-18(12-10-16)17-6-2-1-3-7-17;1-7-5-3-2-4-6-7;1-2-4-5-3-1/h1-3,6-7,9-12,19,24,27H,4-5,8,13-15H2,(H,22,26)(H,23,25);2-6H,1H3;1-5H2/t19-;;/m1../s1. The van der Waals surface area contributed by atoms with Crippen molar-refractivity contribution in [2.75, 3.05) is 13.2 Å². The van der Waals surface area contributed by atoms with Gasteiger partial charge in [-0.2, -0.15) is 0 Å². The summed E-state index contributed by atoms with van der Waals surface area (Å²) in [5, 5.41) is 20.1. The molecule has 6 heteroatoms. The third-order valence-electron chi connectivity index (χ3n) is 6.61. The summed E-state index contributed by atoms with van der Waals surface area (Å²) in [4.78, 5) is 23.5. The third kappa shape index (κ3) is 13.8. The summed E-state index contributed by atoms with van der Waals surface area (Å²) >= 11 is 0. The predicted molar refractivity (Wildman–Crippen MR) is 157 cm³/mol. The van der Waals surface area contributed by atoms with E-state index in [1.165, 1.54) is 43.2 Å². The number of aliphatic hydroxyl groups is 1. The Kier molecular flexibility index (Phi) is 15.9. The van der Waals surface area contributed by atoms with Crippen molar-refractivity contribution >= 4 is 11.8 Å². The third-order valence-corrected chi connectivity index (χ3v) is 6.61. The second-order valence-corrected chi connectivity index (χ2v) is 9.83. The number of benzene rings is 3. The summed E-state index contributed by atoms with van der Waals surface area (Å²) in [6.45, 7) is 2.08. The van der Waals surface area contributed by atoms with Gasteiger partial charge >= 0.3 is 0 Å². The summed E-state index contributed by atoms with van der Waals surface area (Å²) in [6, 6.07) is 28.7. The van der Waals surface area contributed by atoms with Gasteiger partial charge in [-0.3, -0.25) is 14.8 Å². The van der Waals surface area contributed by atoms with E-state index in [0.29, 0.717) is 6.42 Å². The lowest BCUT2D eigenvalue weighted by Crippen LogP contribution is -2.35. The second kappa shape index (κ2) is 19.6. The van der Waals surface area contributed by atoms with Gasteiger partial charge in [-0.25, -0.2) is 5.48 Å². The van der Waals surface area contributed by atoms with E-state index in [1.807, 2.05) is 36.4 Å². The Morgan fingerprint density at radius 2 is 1.33 bits per heavy atom. The topological polar surface area (TPSA) is 98.7 Å². The van der Waals surface area contributed by atoms with Crippen molar-refractivity contribution in [2.24, 2.45) is 5.92 Å². The Bertz CT molecular complexity index is 1040. The number of carbonyl (C=O) groups excluding carboxylic acids is 2. The van der Waals surface area contributed by atoms with Crippen molar-refractivity contribution in [3.63, 3.8) is 0 Å². The molecule has 1 saturated carbocycles. The molecule has 4 N–H and O–H groups in total. The Labute approximate surface area is 233 Å². The fraction of sp³-hybridized carbons (Fsp3) is 0.394. The maximum absolute atomic E-state index is 12.1. The van der Waals surface area contributed by atoms with Crippen LogP contribution in [0.4, 0.5) is 0 Å². The predicted octanol–water partition coefficient (Wildman–Crippen LogP) is 6.24. The molecule has 0 bridgehead atoms. The van der Waals surface area contributed by atoms with Gasteiger partial charge in [0.2, 0.25) is 11.8 Å². The van der Waals surface area contributed by atoms with Crippen LogP contribution in [0.1, 0.15) is 62.5 Å². The van der Waals surface area contributed by atoms with Gasteiger partial charge in [0.1, 0.15) is 0 Å². The molecule has 0 radical (unpaired) electrons. The Morgan fingerprint density at radius 3 is 1.82 bits per heavy atom. The number of hydrogen-bond donors (Lipinski definition) is 4. The Balaban J connectivity index is 0.000000360. The quantitative estimate of drug-likeness (QED) is 0.183. The van der Waals surface area contributed by atoms with Gasteiger partial charge < -0.3 is 10.4 Å². The van der Waals surface area contributed by atoms with Crippen LogP contribution in [0.2, 0.25) is 0 Å². The Morgan fingerprint density at radius 1 is 0.795 bits per heavy atom. The van der Waals surface area contributed by atoms with Crippen LogP contribution in [-0.4, -0.2) is 35.3 Å². The molecule has 0 aliphatic heterocycles. The number of aryl methyl sites for hydroxylation is 2. The van der Waals surface area contributed by atoms with E-state index < -0.39 is 11.8 Å². The molecule has 0 heterocycles. The van der Waals surface area contributed by atoms with Gasteiger partial charge in [0.25, 0.3) is 0 Å². The van der Waals surface area contributed by atoms with Crippen LogP contribution < -0.4 is 10.8 Å². The molecule has 39 heavy (non-hydrogen) atoms. The number of hydroxylamine groups is 1. The molecule has 210 valence electrons. The van der Waals surface area contributed by atoms with Crippen LogP contribution in [0, 0.1) is 12.8 Å². The molecule has 3 aromatic rings. The molecule has 1 aliphatic carbocycles. The van der Waals surface area contributed by atoms with Crippen molar-refractivity contribution in [1.29, 1.82) is 0 Å². The zero-order valence-corrected chi connectivity index (χ0v) is 23.1. The summed E-state index contributed by atoms with van der Waals surface area (Å²) < 4.78 is 0. The summed E-state index contributed by atoms with van der Waals surface area (Å²) in [5.74, 6) is -1.41. The molecule has 1 fully saturated rings. The van der Waals surface area contributed by atoms with Crippen LogP contribution in [0.5, 0.6) is 0 Å². The number of nitrogens with one attached hydrogen (secondary N) is 2. The molecule has 0 saturated heterocycles. The molecular formula is C33H44N2O4. The van der Waals surface area contributed by atoms with Crippen molar-refractivity contribution in [2.45, 2.75) is 64.7 Å². The number of amides is 2. The van der Waals surface area contributed by atoms with Crippen LogP contribution in [0.15, 0.2) is 84.9 Å². The van der Waals surface area contributed by atoms with Crippen molar-refractivity contribution in [1.82, 2.24) is 10.8 Å². The average molecular weight is 533 g/mol. The maximum atomic E-state index is 12.1. The molecular weight excluding hydrogens is 488 g/mol. The van der Waals surface area contributed by atoms with Crippen molar-refractivity contribution < 1.29 is 19.9 Å². The number of carbonyl (C=O) groups is 2. The van der Waals surface area contributed by atoms with Crippen LogP contribution in [0.25, 0.3) is 11.1 Å². The normalized spacial score (nSPS) is 12.7. The highest BCUT2D eigenvalue weighted by atomic mass is 16.5.